The lowest BCUT2D eigenvalue weighted by Gasteiger charge is -2.33. The van der Waals surface area contributed by atoms with Crippen molar-refractivity contribution in [3.63, 3.8) is 0 Å². The number of nitrogens with one attached hydrogen (secondary N) is 1. The van der Waals surface area contributed by atoms with Crippen LogP contribution in [0, 0.1) is 0 Å². The lowest BCUT2D eigenvalue weighted by atomic mass is 10.0. The summed E-state index contributed by atoms with van der Waals surface area (Å²) < 4.78 is 0. The highest BCUT2D eigenvalue weighted by atomic mass is 127. The highest BCUT2D eigenvalue weighted by Crippen LogP contribution is 2.17. The topological polar surface area (TPSA) is 53.6 Å². The van der Waals surface area contributed by atoms with Crippen molar-refractivity contribution < 1.29 is 0 Å². The second-order valence-electron chi connectivity index (χ2n) is 5.68. The zero-order valence-electron chi connectivity index (χ0n) is 13.7. The normalized spacial score (nSPS) is 19.5. The Kier molecular flexibility index (Phi) is 8.78. The van der Waals surface area contributed by atoms with Gasteiger partial charge < -0.3 is 11.1 Å². The average molecular weight is 416 g/mol. The van der Waals surface area contributed by atoms with Gasteiger partial charge in [0.25, 0.3) is 0 Å². The minimum absolute atomic E-state index is 0. The summed E-state index contributed by atoms with van der Waals surface area (Å²) in [6.45, 7) is 7.47. The number of anilines is 1. The van der Waals surface area contributed by atoms with Crippen molar-refractivity contribution in [2.45, 2.75) is 45.6 Å². The smallest absolute Gasteiger partial charge is 0.193 e. The lowest BCUT2D eigenvalue weighted by Crippen LogP contribution is -2.41. The molecule has 1 saturated heterocycles. The summed E-state index contributed by atoms with van der Waals surface area (Å²) in [4.78, 5) is 7.05. The molecule has 2 rings (SSSR count). The van der Waals surface area contributed by atoms with Crippen molar-refractivity contribution in [2.75, 3.05) is 25.0 Å². The fourth-order valence-electron chi connectivity index (χ4n) is 2.94. The molecule has 1 fully saturated rings. The molecule has 1 aliphatic heterocycles. The SMILES string of the molecule is CCc1cccc(NC(N)=NCC2CCCCN2CC)c1.I. The van der Waals surface area contributed by atoms with Crippen molar-refractivity contribution in [1.82, 2.24) is 4.90 Å². The average Bonchev–Trinajstić information content (AvgIpc) is 2.53. The molecule has 0 radical (unpaired) electrons. The molecule has 124 valence electrons. The number of hydrogen-bond acceptors (Lipinski definition) is 2. The zero-order valence-corrected chi connectivity index (χ0v) is 16.0. The van der Waals surface area contributed by atoms with Crippen LogP contribution in [0.3, 0.4) is 0 Å². The maximum atomic E-state index is 6.02. The summed E-state index contributed by atoms with van der Waals surface area (Å²) in [5.74, 6) is 0.518. The molecule has 1 unspecified atom stereocenters. The summed E-state index contributed by atoms with van der Waals surface area (Å²) in [5, 5.41) is 3.20. The number of halogens is 1. The molecule has 0 saturated carbocycles. The molecule has 0 aliphatic carbocycles. The molecule has 1 atom stereocenters. The second kappa shape index (κ2) is 10.0. The number of aryl methyl sites for hydroxylation is 1. The van der Waals surface area contributed by atoms with E-state index >= 15 is 0 Å². The predicted molar refractivity (Wildman–Crippen MR) is 106 cm³/mol. The standard InChI is InChI=1S/C17H28N4.HI/c1-3-14-8-7-9-15(12-14)20-17(18)19-13-16-10-5-6-11-21(16)4-2;/h7-9,12,16H,3-6,10-11,13H2,1-2H3,(H3,18,19,20);1H. The predicted octanol–water partition coefficient (Wildman–Crippen LogP) is 3.47. The molecule has 1 aromatic carbocycles. The number of guanidine groups is 1. The number of aliphatic imine (C=N–C) groups is 1. The third kappa shape index (κ3) is 5.76. The van der Waals surface area contributed by atoms with Gasteiger partial charge >= 0.3 is 0 Å². The maximum Gasteiger partial charge on any atom is 0.193 e. The van der Waals surface area contributed by atoms with E-state index in [0.29, 0.717) is 12.0 Å². The fraction of sp³-hybridized carbons (Fsp3) is 0.588. The number of hydrogen-bond donors (Lipinski definition) is 2. The van der Waals surface area contributed by atoms with Crippen LogP contribution in [0.15, 0.2) is 29.3 Å². The molecule has 0 spiro atoms. The Hall–Kier alpha value is -0.820. The summed E-state index contributed by atoms with van der Waals surface area (Å²) in [6, 6.07) is 8.88. The van der Waals surface area contributed by atoms with E-state index in [-0.39, 0.29) is 24.0 Å². The van der Waals surface area contributed by atoms with E-state index in [1.165, 1.54) is 31.4 Å². The van der Waals surface area contributed by atoms with Gasteiger partial charge in [-0.05, 0) is 50.0 Å². The minimum Gasteiger partial charge on any atom is -0.370 e. The van der Waals surface area contributed by atoms with Crippen LogP contribution in [0.2, 0.25) is 0 Å². The quantitative estimate of drug-likeness (QED) is 0.439. The lowest BCUT2D eigenvalue weighted by molar-refractivity contribution is 0.161. The Morgan fingerprint density at radius 2 is 2.18 bits per heavy atom. The van der Waals surface area contributed by atoms with Crippen LogP contribution < -0.4 is 11.1 Å². The fourth-order valence-corrected chi connectivity index (χ4v) is 2.94. The summed E-state index contributed by atoms with van der Waals surface area (Å²) >= 11 is 0. The van der Waals surface area contributed by atoms with E-state index in [0.717, 1.165) is 25.2 Å². The summed E-state index contributed by atoms with van der Waals surface area (Å²) in [5.41, 5.74) is 8.34. The third-order valence-electron chi connectivity index (χ3n) is 4.24. The van der Waals surface area contributed by atoms with Gasteiger partial charge in [0.2, 0.25) is 0 Å². The van der Waals surface area contributed by atoms with Crippen LogP contribution >= 0.6 is 24.0 Å². The van der Waals surface area contributed by atoms with Gasteiger partial charge in [-0.15, -0.1) is 24.0 Å². The molecule has 1 heterocycles. The first kappa shape index (κ1) is 19.2. The van der Waals surface area contributed by atoms with Gasteiger partial charge in [-0.3, -0.25) is 9.89 Å². The molecular formula is C17H29IN4. The Morgan fingerprint density at radius 1 is 1.36 bits per heavy atom. The van der Waals surface area contributed by atoms with Crippen molar-refractivity contribution in [3.8, 4) is 0 Å². The van der Waals surface area contributed by atoms with Crippen molar-refractivity contribution in [3.05, 3.63) is 29.8 Å². The third-order valence-corrected chi connectivity index (χ3v) is 4.24. The summed E-state index contributed by atoms with van der Waals surface area (Å²) in [7, 11) is 0. The van der Waals surface area contributed by atoms with Gasteiger partial charge in [0.15, 0.2) is 5.96 Å². The van der Waals surface area contributed by atoms with Gasteiger partial charge in [0.1, 0.15) is 0 Å². The van der Waals surface area contributed by atoms with Crippen molar-refractivity contribution >= 4 is 35.6 Å². The Labute approximate surface area is 151 Å². The van der Waals surface area contributed by atoms with E-state index in [9.17, 15) is 0 Å². The van der Waals surface area contributed by atoms with Crippen molar-refractivity contribution in [1.29, 1.82) is 0 Å². The monoisotopic (exact) mass is 416 g/mol. The molecule has 1 aromatic rings. The molecule has 0 aromatic heterocycles. The molecule has 22 heavy (non-hydrogen) atoms. The molecule has 5 heteroatoms. The molecule has 0 bridgehead atoms. The molecule has 3 N–H and O–H groups in total. The first-order valence-corrected chi connectivity index (χ1v) is 8.12. The number of likely N-dealkylation sites (tertiary alicyclic amines) is 1. The maximum absolute atomic E-state index is 6.02. The first-order chi connectivity index (χ1) is 10.2. The zero-order chi connectivity index (χ0) is 15.1. The molecule has 1 aliphatic rings. The van der Waals surface area contributed by atoms with E-state index < -0.39 is 0 Å². The minimum atomic E-state index is 0. The molecule has 4 nitrogen and oxygen atoms in total. The van der Waals surface area contributed by atoms with E-state index in [1.807, 2.05) is 12.1 Å². The Morgan fingerprint density at radius 3 is 2.91 bits per heavy atom. The van der Waals surface area contributed by atoms with Crippen molar-refractivity contribution in [2.24, 2.45) is 10.7 Å². The van der Waals surface area contributed by atoms with Gasteiger partial charge in [-0.25, -0.2) is 0 Å². The largest absolute Gasteiger partial charge is 0.370 e. The highest BCUT2D eigenvalue weighted by molar-refractivity contribution is 14.0. The second-order valence-corrected chi connectivity index (χ2v) is 5.68. The first-order valence-electron chi connectivity index (χ1n) is 8.12. The van der Waals surface area contributed by atoms with Gasteiger partial charge in [0.05, 0.1) is 6.54 Å². The number of rotatable bonds is 5. The van der Waals surface area contributed by atoms with Gasteiger partial charge in [0, 0.05) is 11.7 Å². The number of piperidine rings is 1. The molecule has 0 amide bonds. The van der Waals surface area contributed by atoms with Crippen LogP contribution in [-0.2, 0) is 6.42 Å². The van der Waals surface area contributed by atoms with E-state index in [1.54, 1.807) is 0 Å². The number of likely N-dealkylation sites (N-methyl/N-ethyl adjacent to an activating group) is 1. The van der Waals surface area contributed by atoms with Crippen LogP contribution in [0.1, 0.15) is 38.7 Å². The number of nitrogens with two attached hydrogens (primary N) is 1. The Bertz CT molecular complexity index is 475. The van der Waals surface area contributed by atoms with Crippen LogP contribution in [0.4, 0.5) is 5.69 Å². The van der Waals surface area contributed by atoms with Crippen LogP contribution in [0.25, 0.3) is 0 Å². The number of nitrogens with zero attached hydrogens (tertiary/aromatic N) is 2. The summed E-state index contributed by atoms with van der Waals surface area (Å²) in [6.07, 6.45) is 4.88. The molecular weight excluding hydrogens is 387 g/mol. The van der Waals surface area contributed by atoms with Gasteiger partial charge in [-0.1, -0.05) is 32.4 Å². The van der Waals surface area contributed by atoms with Crippen LogP contribution in [0.5, 0.6) is 0 Å². The highest BCUT2D eigenvalue weighted by Gasteiger charge is 2.20. The van der Waals surface area contributed by atoms with Crippen LogP contribution in [-0.4, -0.2) is 36.5 Å². The van der Waals surface area contributed by atoms with Gasteiger partial charge in [-0.2, -0.15) is 0 Å². The Balaban J connectivity index is 0.00000242. The van der Waals surface area contributed by atoms with E-state index in [4.69, 9.17) is 5.73 Å². The van der Waals surface area contributed by atoms with E-state index in [2.05, 4.69) is 41.2 Å². The number of benzene rings is 1.